The third-order valence-electron chi connectivity index (χ3n) is 7.85. The first kappa shape index (κ1) is 37.1. The van der Waals surface area contributed by atoms with E-state index in [4.69, 9.17) is 10.5 Å². The van der Waals surface area contributed by atoms with Gasteiger partial charge in [0.05, 0.1) is 31.0 Å². The Morgan fingerprint density at radius 1 is 0.851 bits per heavy atom. The van der Waals surface area contributed by atoms with E-state index in [0.29, 0.717) is 6.42 Å². The Morgan fingerprint density at radius 3 is 2.04 bits per heavy atom. The summed E-state index contributed by atoms with van der Waals surface area (Å²) in [5.74, 6) is -0.869. The number of hydrogen-bond donors (Lipinski definition) is 5. The molecule has 1 aromatic heterocycles. The summed E-state index contributed by atoms with van der Waals surface area (Å²) >= 11 is 0. The maximum Gasteiger partial charge on any atom is 0.407 e. The van der Waals surface area contributed by atoms with Crippen molar-refractivity contribution in [3.8, 4) is 11.3 Å². The average molecular weight is 647 g/mol. The molecule has 0 aliphatic rings. The monoisotopic (exact) mass is 646 g/mol. The van der Waals surface area contributed by atoms with Crippen molar-refractivity contribution in [1.82, 2.24) is 26.1 Å². The molecule has 254 valence electrons. The molecule has 0 unspecified atom stereocenters. The number of aliphatic hydroxyl groups is 1. The Labute approximate surface area is 278 Å². The van der Waals surface area contributed by atoms with Crippen molar-refractivity contribution < 1.29 is 24.2 Å². The Hall–Kier alpha value is -4.32. The van der Waals surface area contributed by atoms with E-state index in [0.717, 1.165) is 22.4 Å². The predicted octanol–water partition coefficient (Wildman–Crippen LogP) is 3.81. The third kappa shape index (κ3) is 11.5. The fourth-order valence-electron chi connectivity index (χ4n) is 4.93. The lowest BCUT2D eigenvalue weighted by molar-refractivity contribution is -0.132. The van der Waals surface area contributed by atoms with Crippen molar-refractivity contribution in [2.24, 2.45) is 16.6 Å². The van der Waals surface area contributed by atoms with Gasteiger partial charge in [-0.2, -0.15) is 0 Å². The van der Waals surface area contributed by atoms with E-state index < -0.39 is 47.1 Å². The minimum Gasteiger partial charge on any atom is -0.453 e. The topological polar surface area (TPSA) is 159 Å². The highest BCUT2D eigenvalue weighted by Crippen LogP contribution is 2.22. The highest BCUT2D eigenvalue weighted by atomic mass is 16.5. The van der Waals surface area contributed by atoms with Crippen LogP contribution in [-0.4, -0.2) is 70.9 Å². The van der Waals surface area contributed by atoms with Gasteiger partial charge < -0.3 is 26.2 Å². The maximum atomic E-state index is 13.7. The van der Waals surface area contributed by atoms with Gasteiger partial charge in [0.1, 0.15) is 6.04 Å². The molecule has 6 N–H and O–H groups in total. The van der Waals surface area contributed by atoms with E-state index in [2.05, 4.69) is 21.0 Å². The normalized spacial score (nSPS) is 14.4. The van der Waals surface area contributed by atoms with Crippen LogP contribution in [0.1, 0.15) is 52.7 Å². The largest absolute Gasteiger partial charge is 0.453 e. The van der Waals surface area contributed by atoms with Crippen LogP contribution >= 0.6 is 0 Å². The van der Waals surface area contributed by atoms with Gasteiger partial charge in [0.15, 0.2) is 0 Å². The van der Waals surface area contributed by atoms with Gasteiger partial charge in [0.25, 0.3) is 5.91 Å². The zero-order valence-corrected chi connectivity index (χ0v) is 28.5. The molecule has 0 saturated carbocycles. The summed E-state index contributed by atoms with van der Waals surface area (Å²) in [6.45, 7) is 11.3. The summed E-state index contributed by atoms with van der Waals surface area (Å²) in [6.07, 6.45) is 0.202. The van der Waals surface area contributed by atoms with Crippen molar-refractivity contribution >= 4 is 17.9 Å². The number of aromatic nitrogens is 1. The van der Waals surface area contributed by atoms with Crippen molar-refractivity contribution in [3.05, 3.63) is 90.1 Å². The molecule has 0 fully saturated rings. The molecule has 11 heteroatoms. The molecule has 3 aromatic rings. The number of benzene rings is 2. The number of methoxy groups -OCH3 is 1. The number of carbonyl (C=O) groups excluding carboxylic acids is 3. The van der Waals surface area contributed by atoms with E-state index >= 15 is 0 Å². The summed E-state index contributed by atoms with van der Waals surface area (Å²) < 4.78 is 4.77. The predicted molar refractivity (Wildman–Crippen MR) is 183 cm³/mol. The fourth-order valence-corrected chi connectivity index (χ4v) is 4.93. The first-order chi connectivity index (χ1) is 22.1. The van der Waals surface area contributed by atoms with Gasteiger partial charge in [-0.05, 0) is 40.5 Å². The molecule has 2 aromatic carbocycles. The molecule has 3 rings (SSSR count). The highest BCUT2D eigenvalue weighted by molar-refractivity contribution is 5.86. The van der Waals surface area contributed by atoms with Crippen LogP contribution < -0.4 is 21.8 Å². The zero-order valence-electron chi connectivity index (χ0n) is 28.5. The molecule has 0 spiro atoms. The molecule has 47 heavy (non-hydrogen) atoms. The molecule has 11 nitrogen and oxygen atoms in total. The standard InChI is InChI=1S/C36H50N6O5/c1-35(2,3)30(37)32(44)39-28(21-24-13-9-8-10-14-24)29(43)23-42(41-33(45)31(36(4,5)6)40-34(46)47-7)22-25-16-18-26(19-17-25)27-15-11-12-20-38-27/h8-20,28-31,43H,21-23,37H2,1-7H3,(H,39,44)(H,40,46)(H,41,45)/t28-,29-,30+,31+/m0/s1. The van der Waals surface area contributed by atoms with Gasteiger partial charge in [0.2, 0.25) is 5.91 Å². The Morgan fingerprint density at radius 2 is 1.49 bits per heavy atom. The van der Waals surface area contributed by atoms with Crippen LogP contribution in [0.15, 0.2) is 79.0 Å². The zero-order chi connectivity index (χ0) is 34.8. The number of carbonyl (C=O) groups is 3. The summed E-state index contributed by atoms with van der Waals surface area (Å²) in [4.78, 5) is 43.5. The van der Waals surface area contributed by atoms with Gasteiger partial charge in [-0.1, -0.05) is 102 Å². The smallest absolute Gasteiger partial charge is 0.407 e. The molecule has 0 aliphatic heterocycles. The molecule has 3 amide bonds. The third-order valence-corrected chi connectivity index (χ3v) is 7.85. The summed E-state index contributed by atoms with van der Waals surface area (Å²) in [7, 11) is 1.23. The van der Waals surface area contributed by atoms with Gasteiger partial charge in [-0.3, -0.25) is 20.0 Å². The number of nitrogens with two attached hydrogens (primary N) is 1. The Balaban J connectivity index is 1.91. The first-order valence-electron chi connectivity index (χ1n) is 15.8. The molecule has 0 aliphatic carbocycles. The van der Waals surface area contributed by atoms with Crippen LogP contribution in [-0.2, 0) is 27.3 Å². The number of aliphatic hydroxyl groups excluding tert-OH is 1. The van der Waals surface area contributed by atoms with E-state index in [1.54, 1.807) is 11.2 Å². The SMILES string of the molecule is COC(=O)N[C@H](C(=O)NN(Cc1ccc(-c2ccccn2)cc1)C[C@H](O)[C@H](Cc1ccccc1)NC(=O)[C@@H](N)C(C)(C)C)C(C)(C)C. The molecular weight excluding hydrogens is 596 g/mol. The summed E-state index contributed by atoms with van der Waals surface area (Å²) in [6, 6.07) is 20.5. The quantitative estimate of drug-likeness (QED) is 0.175. The highest BCUT2D eigenvalue weighted by Gasteiger charge is 2.35. The molecular formula is C36H50N6O5. The van der Waals surface area contributed by atoms with Crippen LogP contribution in [0.2, 0.25) is 0 Å². The molecule has 0 saturated heterocycles. The second-order valence-electron chi connectivity index (χ2n) is 13.9. The van der Waals surface area contributed by atoms with Crippen LogP contribution in [0.3, 0.4) is 0 Å². The summed E-state index contributed by atoms with van der Waals surface area (Å²) in [5, 5.41) is 18.9. The van der Waals surface area contributed by atoms with Crippen molar-refractivity contribution in [1.29, 1.82) is 0 Å². The number of amides is 3. The van der Waals surface area contributed by atoms with E-state index in [9.17, 15) is 19.5 Å². The lowest BCUT2D eigenvalue weighted by Gasteiger charge is -2.35. The second kappa shape index (κ2) is 16.5. The number of hydrogen-bond acceptors (Lipinski definition) is 8. The number of nitrogens with zero attached hydrogens (tertiary/aromatic N) is 2. The van der Waals surface area contributed by atoms with Gasteiger partial charge >= 0.3 is 6.09 Å². The Kier molecular flexibility index (Phi) is 13.0. The van der Waals surface area contributed by atoms with Gasteiger partial charge in [-0.25, -0.2) is 9.80 Å². The number of pyridine rings is 1. The minimum absolute atomic E-state index is 0.0502. The first-order valence-corrected chi connectivity index (χ1v) is 15.8. The van der Waals surface area contributed by atoms with Crippen LogP contribution in [0.4, 0.5) is 4.79 Å². The second-order valence-corrected chi connectivity index (χ2v) is 13.9. The number of alkyl carbamates (subject to hydrolysis) is 1. The van der Waals surface area contributed by atoms with Crippen LogP contribution in [0.25, 0.3) is 11.3 Å². The van der Waals surface area contributed by atoms with Crippen LogP contribution in [0.5, 0.6) is 0 Å². The molecule has 1 heterocycles. The summed E-state index contributed by atoms with van der Waals surface area (Å²) in [5.41, 5.74) is 11.5. The molecule has 0 radical (unpaired) electrons. The van der Waals surface area contributed by atoms with Gasteiger partial charge in [-0.15, -0.1) is 0 Å². The van der Waals surface area contributed by atoms with Crippen molar-refractivity contribution in [3.63, 3.8) is 0 Å². The maximum absolute atomic E-state index is 13.7. The van der Waals surface area contributed by atoms with Crippen molar-refractivity contribution in [2.45, 2.75) is 78.7 Å². The average Bonchev–Trinajstić information content (AvgIpc) is 3.02. The van der Waals surface area contributed by atoms with E-state index in [1.165, 1.54) is 7.11 Å². The Bertz CT molecular complexity index is 1440. The molecule has 0 bridgehead atoms. The minimum atomic E-state index is -1.12. The van der Waals surface area contributed by atoms with Crippen molar-refractivity contribution in [2.75, 3.05) is 13.7 Å². The number of nitrogens with one attached hydrogen (secondary N) is 3. The fraction of sp³-hybridized carbons (Fsp3) is 0.444. The van der Waals surface area contributed by atoms with E-state index in [-0.39, 0.29) is 19.0 Å². The lowest BCUT2D eigenvalue weighted by atomic mass is 9.86. The number of rotatable bonds is 13. The lowest BCUT2D eigenvalue weighted by Crippen LogP contribution is -2.60. The van der Waals surface area contributed by atoms with E-state index in [1.807, 2.05) is 114 Å². The van der Waals surface area contributed by atoms with Crippen LogP contribution in [0, 0.1) is 10.8 Å². The number of ether oxygens (including phenoxy) is 1. The number of hydrazine groups is 1. The molecule has 4 atom stereocenters. The van der Waals surface area contributed by atoms with Gasteiger partial charge in [0, 0.05) is 24.8 Å².